The van der Waals surface area contributed by atoms with Crippen molar-refractivity contribution in [2.24, 2.45) is 5.41 Å². The smallest absolute Gasteiger partial charge is 0.373 e. The van der Waals surface area contributed by atoms with Gasteiger partial charge in [-0.2, -0.15) is 63.2 Å². The molecule has 2 atom stereocenters. The summed E-state index contributed by atoms with van der Waals surface area (Å²) in [7, 11) is 0. The molecular weight excluding hydrogens is 1030 g/mol. The fourth-order valence-corrected chi connectivity index (χ4v) is 10.5. The van der Waals surface area contributed by atoms with E-state index in [1.165, 1.54) is 13.8 Å². The van der Waals surface area contributed by atoms with Crippen LogP contribution in [0.5, 0.6) is 0 Å². The Hall–Kier alpha value is -5.63. The van der Waals surface area contributed by atoms with Gasteiger partial charge in [-0.1, -0.05) is 60.7 Å². The third kappa shape index (κ3) is 13.9. The number of nitrogens with zero attached hydrogens (tertiary/aromatic N) is 3. The number of ether oxygens (including phenoxy) is 2. The molecule has 0 N–H and O–H groups in total. The van der Waals surface area contributed by atoms with Gasteiger partial charge >= 0.3 is 24.7 Å². The van der Waals surface area contributed by atoms with Crippen LogP contribution in [0.25, 0.3) is 0 Å². The molecule has 4 aromatic rings. The fraction of sp³-hybridized carbons (Fsp3) is 0.491. The topological polar surface area (TPSA) is 103 Å². The van der Waals surface area contributed by atoms with Gasteiger partial charge in [0, 0.05) is 42.5 Å². The van der Waals surface area contributed by atoms with Crippen molar-refractivity contribution < 1.29 is 71.7 Å². The summed E-state index contributed by atoms with van der Waals surface area (Å²) < 4.78 is 172. The zero-order valence-electron chi connectivity index (χ0n) is 40.9. The Labute approximate surface area is 431 Å². The van der Waals surface area contributed by atoms with Crippen LogP contribution < -0.4 is 0 Å². The van der Waals surface area contributed by atoms with Crippen molar-refractivity contribution in [2.75, 3.05) is 25.6 Å². The molecule has 2 saturated carbocycles. The van der Waals surface area contributed by atoms with Gasteiger partial charge in [0.05, 0.1) is 65.2 Å². The van der Waals surface area contributed by atoms with Crippen molar-refractivity contribution in [3.63, 3.8) is 0 Å². The highest BCUT2D eigenvalue weighted by atomic mass is 35.5. The molecule has 4 aromatic carbocycles. The Morgan fingerprint density at radius 1 is 0.600 bits per heavy atom. The zero-order chi connectivity index (χ0) is 55.3. The number of nitriles is 2. The van der Waals surface area contributed by atoms with Gasteiger partial charge in [0.25, 0.3) is 0 Å². The molecule has 0 radical (unpaired) electrons. The first kappa shape index (κ1) is 58.6. The minimum Gasteiger partial charge on any atom is -0.373 e. The van der Waals surface area contributed by atoms with E-state index in [4.69, 9.17) is 21.1 Å². The number of hydrogen-bond acceptors (Lipinski definition) is 6. The van der Waals surface area contributed by atoms with Crippen LogP contribution in [0.4, 0.5) is 52.7 Å². The normalized spacial score (nSPS) is 24.2. The molecule has 20 heteroatoms. The molecule has 1 saturated heterocycles. The van der Waals surface area contributed by atoms with Crippen LogP contribution in [0.1, 0.15) is 141 Å². The van der Waals surface area contributed by atoms with Crippen LogP contribution in [-0.2, 0) is 54.6 Å². The SMILES string of the molecule is C[C@@H](OCC1(c2ccccc2)CCC(C#N)(CC(=O)CCCl)CC1)c1cc(C(F)(F)F)cc(C(F)(F)F)c1.C[C@@H](OCC1(c2ccccc2)CCC(C#N)(N2CCC2=O)CC1)c1cc(C(F)(F)F)cc(C(F)(F)F)c1. The van der Waals surface area contributed by atoms with E-state index in [1.807, 2.05) is 60.7 Å². The maximum atomic E-state index is 13.3. The molecular formula is C55H54ClF12N3O4. The lowest BCUT2D eigenvalue weighted by Gasteiger charge is -2.51. The molecule has 1 aliphatic heterocycles. The van der Waals surface area contributed by atoms with E-state index in [0.29, 0.717) is 88.6 Å². The van der Waals surface area contributed by atoms with E-state index < -0.39 is 81.0 Å². The monoisotopic (exact) mass is 1080 g/mol. The van der Waals surface area contributed by atoms with Crippen LogP contribution in [0.2, 0.25) is 0 Å². The lowest BCUT2D eigenvalue weighted by molar-refractivity contribution is -0.148. The second-order valence-electron chi connectivity index (χ2n) is 19.9. The second-order valence-corrected chi connectivity index (χ2v) is 20.2. The Morgan fingerprint density at radius 3 is 1.27 bits per heavy atom. The summed E-state index contributed by atoms with van der Waals surface area (Å²) in [6, 6.07) is 26.1. The van der Waals surface area contributed by atoms with Crippen molar-refractivity contribution in [1.82, 2.24) is 4.90 Å². The molecule has 0 bridgehead atoms. The maximum Gasteiger partial charge on any atom is 0.416 e. The van der Waals surface area contributed by atoms with Crippen molar-refractivity contribution in [2.45, 2.75) is 138 Å². The molecule has 75 heavy (non-hydrogen) atoms. The molecule has 0 aromatic heterocycles. The van der Waals surface area contributed by atoms with Crippen LogP contribution in [0.15, 0.2) is 97.1 Å². The van der Waals surface area contributed by atoms with E-state index >= 15 is 0 Å². The highest BCUT2D eigenvalue weighted by Crippen LogP contribution is 2.51. The Kier molecular flexibility index (Phi) is 17.9. The first-order chi connectivity index (χ1) is 35.0. The summed E-state index contributed by atoms with van der Waals surface area (Å²) in [6.45, 7) is 3.42. The van der Waals surface area contributed by atoms with Crippen molar-refractivity contribution >= 4 is 23.3 Å². The van der Waals surface area contributed by atoms with Crippen LogP contribution in [0.3, 0.4) is 0 Å². The average molecular weight is 1080 g/mol. The van der Waals surface area contributed by atoms with E-state index in [0.717, 1.165) is 11.1 Å². The van der Waals surface area contributed by atoms with Crippen molar-refractivity contribution in [3.05, 3.63) is 142 Å². The number of carbonyl (C=O) groups is 2. The van der Waals surface area contributed by atoms with Gasteiger partial charge in [0.15, 0.2) is 0 Å². The minimum atomic E-state index is -4.95. The maximum absolute atomic E-state index is 13.3. The molecule has 404 valence electrons. The summed E-state index contributed by atoms with van der Waals surface area (Å²) >= 11 is 5.67. The van der Waals surface area contributed by atoms with Crippen LogP contribution in [-0.4, -0.2) is 47.8 Å². The molecule has 3 aliphatic rings. The Bertz CT molecular complexity index is 2630. The minimum absolute atomic E-state index is 0.0207. The number of hydrogen-bond donors (Lipinski definition) is 0. The molecule has 7 nitrogen and oxygen atoms in total. The molecule has 7 rings (SSSR count). The number of benzene rings is 4. The Balaban J connectivity index is 0.000000244. The lowest BCUT2D eigenvalue weighted by atomic mass is 9.60. The first-order valence-corrected chi connectivity index (χ1v) is 24.7. The van der Waals surface area contributed by atoms with E-state index in [-0.39, 0.29) is 66.9 Å². The van der Waals surface area contributed by atoms with Gasteiger partial charge in [-0.25, -0.2) is 0 Å². The highest BCUT2D eigenvalue weighted by Gasteiger charge is 2.51. The number of likely N-dealkylation sites (tertiary alicyclic amines) is 1. The molecule has 2 aliphatic carbocycles. The van der Waals surface area contributed by atoms with Gasteiger partial charge in [0.1, 0.15) is 11.3 Å². The number of alkyl halides is 13. The molecule has 0 unspecified atom stereocenters. The zero-order valence-corrected chi connectivity index (χ0v) is 41.6. The van der Waals surface area contributed by atoms with Crippen LogP contribution >= 0.6 is 11.6 Å². The average Bonchev–Trinajstić information content (AvgIpc) is 3.37. The predicted molar refractivity (Wildman–Crippen MR) is 252 cm³/mol. The lowest BCUT2D eigenvalue weighted by Crippen LogP contribution is -2.60. The third-order valence-electron chi connectivity index (χ3n) is 15.1. The summed E-state index contributed by atoms with van der Waals surface area (Å²) in [6.07, 6.45) is -17.8. The summed E-state index contributed by atoms with van der Waals surface area (Å²) in [5, 5.41) is 19.8. The third-order valence-corrected chi connectivity index (χ3v) is 15.3. The van der Waals surface area contributed by atoms with Gasteiger partial charge in [-0.3, -0.25) is 9.59 Å². The number of ketones is 1. The van der Waals surface area contributed by atoms with E-state index in [2.05, 4.69) is 12.1 Å². The highest BCUT2D eigenvalue weighted by molar-refractivity contribution is 6.19. The largest absolute Gasteiger partial charge is 0.416 e. The molecule has 1 heterocycles. The first-order valence-electron chi connectivity index (χ1n) is 24.2. The van der Waals surface area contributed by atoms with Crippen molar-refractivity contribution in [1.29, 1.82) is 10.5 Å². The van der Waals surface area contributed by atoms with Gasteiger partial charge in [-0.15, -0.1) is 11.6 Å². The molecule has 1 amide bonds. The quantitative estimate of drug-likeness (QED) is 0.0667. The molecule has 0 spiro atoms. The van der Waals surface area contributed by atoms with Crippen LogP contribution in [0, 0.1) is 28.1 Å². The van der Waals surface area contributed by atoms with Gasteiger partial charge < -0.3 is 14.4 Å². The summed E-state index contributed by atoms with van der Waals surface area (Å²) in [5.41, 5.74) is -7.22. The number of β-lactam (4-membered cyclic amide) rings is 1. The van der Waals surface area contributed by atoms with Crippen molar-refractivity contribution in [3.8, 4) is 12.1 Å². The van der Waals surface area contributed by atoms with E-state index in [9.17, 15) is 72.8 Å². The fourth-order valence-electron chi connectivity index (χ4n) is 10.3. The molecule has 3 fully saturated rings. The number of rotatable bonds is 15. The van der Waals surface area contributed by atoms with E-state index in [1.54, 1.807) is 4.90 Å². The van der Waals surface area contributed by atoms with Gasteiger partial charge in [-0.05, 0) is 124 Å². The Morgan fingerprint density at radius 2 is 0.973 bits per heavy atom. The number of halogens is 13. The number of amides is 1. The number of Topliss-reactive ketones (excluding diaryl/α,β-unsaturated/α-hetero) is 1. The summed E-state index contributed by atoms with van der Waals surface area (Å²) in [5.74, 6) is 0.0123. The standard InChI is InChI=1S/C28H28ClF6NO2.C27H26F6N2O2/c1-19(20-13-22(27(30,31)32)15-23(14-20)28(33,34)35)38-18-26(21-5-3-2-4-6-21)10-8-25(17-36,9-11-26)16-24(37)7-12-29;1-18(19-13-21(26(28,29)30)15-22(14-19)27(31,32)33)37-17-24(20-5-3-2-4-6-20)8-10-25(16-34,11-9-24)35-12-7-23(35)36/h2-6,13-15,19H,7-12,16,18H2,1H3;2-6,13-15,18H,7-12,17H2,1H3/t19-,25?,26?;18-,24?,25?/m11/s1. The number of carbonyl (C=O) groups excluding carboxylic acids is 2. The van der Waals surface area contributed by atoms with Gasteiger partial charge in [0.2, 0.25) is 5.91 Å². The summed E-state index contributed by atoms with van der Waals surface area (Å²) in [4.78, 5) is 25.9. The predicted octanol–water partition coefficient (Wildman–Crippen LogP) is 15.2. The second kappa shape index (κ2) is 22.9.